The maximum Gasteiger partial charge on any atom is 0.338 e. The molecule has 2 amide bonds. The van der Waals surface area contributed by atoms with E-state index < -0.39 is 5.97 Å². The van der Waals surface area contributed by atoms with Crippen molar-refractivity contribution in [3.8, 4) is 0 Å². The summed E-state index contributed by atoms with van der Waals surface area (Å²) in [5, 5.41) is 5.32. The fraction of sp³-hybridized carbons (Fsp3) is 0.250. The molecule has 2 N–H and O–H groups in total. The number of carbonyl (C=O) groups is 3. The molecule has 6 heteroatoms. The lowest BCUT2D eigenvalue weighted by Crippen LogP contribution is -2.28. The van der Waals surface area contributed by atoms with Gasteiger partial charge in [-0.2, -0.15) is 0 Å². The number of benzene rings is 2. The zero-order valence-corrected chi connectivity index (χ0v) is 14.9. The van der Waals surface area contributed by atoms with Crippen molar-refractivity contribution in [2.45, 2.75) is 26.8 Å². The number of carbonyl (C=O) groups excluding carboxylic acids is 3. The second-order valence-electron chi connectivity index (χ2n) is 5.78. The zero-order chi connectivity index (χ0) is 18.9. The van der Waals surface area contributed by atoms with E-state index in [1.54, 1.807) is 12.1 Å². The van der Waals surface area contributed by atoms with Gasteiger partial charge in [-0.15, -0.1) is 0 Å². The molecule has 0 fully saturated rings. The summed E-state index contributed by atoms with van der Waals surface area (Å²) in [5.74, 6) is -1.16. The number of hydrogen-bond donors (Lipinski definition) is 2. The van der Waals surface area contributed by atoms with Gasteiger partial charge >= 0.3 is 5.97 Å². The molecule has 6 nitrogen and oxygen atoms in total. The predicted molar refractivity (Wildman–Crippen MR) is 98.7 cm³/mol. The standard InChI is InChI=1S/C20H22N2O4/c1-3-15-4-6-16(7-5-15)12-21-19(24)13-26-20(25)17-8-10-18(11-9-17)22-14(2)23/h4-11H,3,12-13H2,1-2H3,(H,21,24)(H,22,23). The van der Waals surface area contributed by atoms with E-state index >= 15 is 0 Å². The molecule has 0 aliphatic heterocycles. The maximum atomic E-state index is 11.9. The molecule has 136 valence electrons. The Labute approximate surface area is 152 Å². The lowest BCUT2D eigenvalue weighted by molar-refractivity contribution is -0.124. The molecule has 2 aromatic rings. The molecule has 26 heavy (non-hydrogen) atoms. The highest BCUT2D eigenvalue weighted by atomic mass is 16.5. The van der Waals surface area contributed by atoms with Crippen LogP contribution in [0, 0.1) is 0 Å². The monoisotopic (exact) mass is 354 g/mol. The summed E-state index contributed by atoms with van der Waals surface area (Å²) < 4.78 is 5.00. The lowest BCUT2D eigenvalue weighted by Gasteiger charge is -2.08. The summed E-state index contributed by atoms with van der Waals surface area (Å²) in [5.41, 5.74) is 3.11. The average molecular weight is 354 g/mol. The topological polar surface area (TPSA) is 84.5 Å². The summed E-state index contributed by atoms with van der Waals surface area (Å²) in [4.78, 5) is 34.7. The van der Waals surface area contributed by atoms with Crippen LogP contribution in [0.5, 0.6) is 0 Å². The number of nitrogens with one attached hydrogen (secondary N) is 2. The fourth-order valence-electron chi connectivity index (χ4n) is 2.25. The highest BCUT2D eigenvalue weighted by molar-refractivity contribution is 5.93. The van der Waals surface area contributed by atoms with E-state index in [2.05, 4.69) is 17.6 Å². The first-order chi connectivity index (χ1) is 12.5. The van der Waals surface area contributed by atoms with Gasteiger partial charge in [0.05, 0.1) is 5.56 Å². The smallest absolute Gasteiger partial charge is 0.338 e. The average Bonchev–Trinajstić information content (AvgIpc) is 2.65. The van der Waals surface area contributed by atoms with Gasteiger partial charge in [-0.3, -0.25) is 9.59 Å². The van der Waals surface area contributed by atoms with Gasteiger partial charge in [-0.05, 0) is 41.8 Å². The molecule has 0 aliphatic rings. The number of aryl methyl sites for hydroxylation is 1. The highest BCUT2D eigenvalue weighted by Crippen LogP contribution is 2.10. The van der Waals surface area contributed by atoms with Gasteiger partial charge in [0.2, 0.25) is 5.91 Å². The maximum absolute atomic E-state index is 11.9. The van der Waals surface area contributed by atoms with E-state index in [1.165, 1.54) is 24.6 Å². The molecule has 0 bridgehead atoms. The number of esters is 1. The number of rotatable bonds is 7. The minimum atomic E-state index is -0.596. The predicted octanol–water partition coefficient (Wildman–Crippen LogP) is 2.68. The number of hydrogen-bond acceptors (Lipinski definition) is 4. The number of ether oxygens (including phenoxy) is 1. The normalized spacial score (nSPS) is 10.1. The van der Waals surface area contributed by atoms with Gasteiger partial charge in [0.15, 0.2) is 6.61 Å². The first-order valence-electron chi connectivity index (χ1n) is 8.37. The van der Waals surface area contributed by atoms with Crippen molar-refractivity contribution >= 4 is 23.5 Å². The second kappa shape index (κ2) is 9.36. The third-order valence-electron chi connectivity index (χ3n) is 3.70. The molecule has 0 unspecified atom stereocenters. The molecule has 0 heterocycles. The van der Waals surface area contributed by atoms with Gasteiger partial charge in [0.25, 0.3) is 5.91 Å². The van der Waals surface area contributed by atoms with Crippen molar-refractivity contribution in [2.75, 3.05) is 11.9 Å². The summed E-state index contributed by atoms with van der Waals surface area (Å²) in [6.45, 7) is 3.52. The molecular formula is C20H22N2O4. The molecule has 0 aromatic heterocycles. The Kier molecular flexibility index (Phi) is 6.91. The van der Waals surface area contributed by atoms with Crippen molar-refractivity contribution in [1.82, 2.24) is 5.32 Å². The molecule has 0 saturated carbocycles. The van der Waals surface area contributed by atoms with Crippen LogP contribution >= 0.6 is 0 Å². The molecular weight excluding hydrogens is 332 g/mol. The van der Waals surface area contributed by atoms with Crippen LogP contribution < -0.4 is 10.6 Å². The molecule has 0 aliphatic carbocycles. The quantitative estimate of drug-likeness (QED) is 0.749. The minimum absolute atomic E-state index is 0.193. The zero-order valence-electron chi connectivity index (χ0n) is 14.9. The van der Waals surface area contributed by atoms with Crippen LogP contribution in [0.25, 0.3) is 0 Å². The lowest BCUT2D eigenvalue weighted by atomic mass is 10.1. The second-order valence-corrected chi connectivity index (χ2v) is 5.78. The summed E-state index contributed by atoms with van der Waals surface area (Å²) >= 11 is 0. The van der Waals surface area contributed by atoms with Gasteiger partial charge in [0.1, 0.15) is 0 Å². The van der Waals surface area contributed by atoms with Crippen molar-refractivity contribution in [1.29, 1.82) is 0 Å². The van der Waals surface area contributed by atoms with E-state index in [-0.39, 0.29) is 18.4 Å². The third kappa shape index (κ3) is 6.05. The first-order valence-corrected chi connectivity index (χ1v) is 8.37. The highest BCUT2D eigenvalue weighted by Gasteiger charge is 2.10. The van der Waals surface area contributed by atoms with Gasteiger partial charge in [-0.25, -0.2) is 4.79 Å². The van der Waals surface area contributed by atoms with Crippen molar-refractivity contribution in [2.24, 2.45) is 0 Å². The van der Waals surface area contributed by atoms with E-state index in [0.717, 1.165) is 12.0 Å². The molecule has 2 aromatic carbocycles. The largest absolute Gasteiger partial charge is 0.452 e. The summed E-state index contributed by atoms with van der Waals surface area (Å²) in [7, 11) is 0. The van der Waals surface area contributed by atoms with Crippen molar-refractivity contribution in [3.05, 3.63) is 65.2 Å². The number of anilines is 1. The number of amides is 2. The summed E-state index contributed by atoms with van der Waals surface area (Å²) in [6, 6.07) is 14.2. The van der Waals surface area contributed by atoms with Gasteiger partial charge < -0.3 is 15.4 Å². The van der Waals surface area contributed by atoms with Crippen LogP contribution in [0.15, 0.2) is 48.5 Å². The first kappa shape index (κ1) is 19.2. The van der Waals surface area contributed by atoms with Crippen LogP contribution in [0.4, 0.5) is 5.69 Å². The van der Waals surface area contributed by atoms with Crippen LogP contribution in [0.2, 0.25) is 0 Å². The Balaban J connectivity index is 1.77. The molecule has 0 spiro atoms. The van der Waals surface area contributed by atoms with E-state index in [9.17, 15) is 14.4 Å². The van der Waals surface area contributed by atoms with Crippen molar-refractivity contribution in [3.63, 3.8) is 0 Å². The van der Waals surface area contributed by atoms with Crippen LogP contribution in [0.3, 0.4) is 0 Å². The Hall–Kier alpha value is -3.15. The Bertz CT molecular complexity index is 767. The fourth-order valence-corrected chi connectivity index (χ4v) is 2.25. The van der Waals surface area contributed by atoms with Crippen molar-refractivity contribution < 1.29 is 19.1 Å². The Morgan fingerprint density at radius 3 is 2.12 bits per heavy atom. The van der Waals surface area contributed by atoms with E-state index in [4.69, 9.17) is 4.74 Å². The molecule has 0 radical (unpaired) electrons. The SMILES string of the molecule is CCc1ccc(CNC(=O)COC(=O)c2ccc(NC(C)=O)cc2)cc1. The third-order valence-corrected chi connectivity index (χ3v) is 3.70. The minimum Gasteiger partial charge on any atom is -0.452 e. The van der Waals surface area contributed by atoms with Crippen LogP contribution in [-0.4, -0.2) is 24.4 Å². The van der Waals surface area contributed by atoms with E-state index in [0.29, 0.717) is 17.8 Å². The molecule has 0 saturated heterocycles. The molecule has 2 rings (SSSR count). The van der Waals surface area contributed by atoms with Crippen LogP contribution in [0.1, 0.15) is 35.3 Å². The summed E-state index contributed by atoms with van der Waals surface area (Å²) in [6.07, 6.45) is 0.967. The van der Waals surface area contributed by atoms with Crippen LogP contribution in [-0.2, 0) is 27.3 Å². The Morgan fingerprint density at radius 1 is 0.923 bits per heavy atom. The van der Waals surface area contributed by atoms with Gasteiger partial charge in [-0.1, -0.05) is 31.2 Å². The Morgan fingerprint density at radius 2 is 1.54 bits per heavy atom. The van der Waals surface area contributed by atoms with Gasteiger partial charge in [0, 0.05) is 19.2 Å². The van der Waals surface area contributed by atoms with E-state index in [1.807, 2.05) is 24.3 Å². The molecule has 0 atom stereocenters.